The van der Waals surface area contributed by atoms with E-state index in [9.17, 15) is 10.2 Å². The van der Waals surface area contributed by atoms with Crippen LogP contribution in [0.2, 0.25) is 0 Å². The number of hydrogen-bond donors (Lipinski definition) is 2. The maximum Gasteiger partial charge on any atom is 0.119 e. The van der Waals surface area contributed by atoms with Crippen LogP contribution in [-0.4, -0.2) is 10.2 Å². The Balaban J connectivity index is 1.94. The number of hydrogen-bond acceptors (Lipinski definition) is 2. The molecule has 124 valence electrons. The molecule has 0 aliphatic carbocycles. The molecule has 1 aromatic rings. The van der Waals surface area contributed by atoms with E-state index in [1.807, 2.05) is 0 Å². The van der Waals surface area contributed by atoms with Crippen LogP contribution in [0.1, 0.15) is 76.7 Å². The summed E-state index contributed by atoms with van der Waals surface area (Å²) in [7, 11) is 0. The Labute approximate surface area is 135 Å². The van der Waals surface area contributed by atoms with Crippen molar-refractivity contribution in [3.63, 3.8) is 0 Å². The summed E-state index contributed by atoms with van der Waals surface area (Å²) in [6, 6.07) is 4.86. The lowest BCUT2D eigenvalue weighted by molar-refractivity contribution is 0.449. The molecule has 0 bridgehead atoms. The zero-order chi connectivity index (χ0) is 16.0. The van der Waals surface area contributed by atoms with Gasteiger partial charge in [0.25, 0.3) is 0 Å². The van der Waals surface area contributed by atoms with E-state index in [0.29, 0.717) is 0 Å². The molecule has 2 N–H and O–H groups in total. The Morgan fingerprint density at radius 3 is 1.91 bits per heavy atom. The zero-order valence-electron chi connectivity index (χ0n) is 14.1. The van der Waals surface area contributed by atoms with Crippen molar-refractivity contribution in [2.45, 2.75) is 77.6 Å². The van der Waals surface area contributed by atoms with E-state index in [-0.39, 0.29) is 11.5 Å². The minimum atomic E-state index is 0.155. The summed E-state index contributed by atoms with van der Waals surface area (Å²) in [5.41, 5.74) is 1.02. The topological polar surface area (TPSA) is 40.5 Å². The number of unbranched alkanes of at least 4 members (excludes halogenated alkanes) is 8. The molecule has 0 aromatic heterocycles. The number of aryl methyl sites for hydroxylation is 1. The molecule has 0 saturated heterocycles. The summed E-state index contributed by atoms with van der Waals surface area (Å²) in [4.78, 5) is 0. The molecule has 0 spiro atoms. The lowest BCUT2D eigenvalue weighted by atomic mass is 10.0. The van der Waals surface area contributed by atoms with Crippen molar-refractivity contribution in [1.29, 1.82) is 0 Å². The molecule has 0 saturated carbocycles. The average Bonchev–Trinajstić information content (AvgIpc) is 2.47. The highest BCUT2D eigenvalue weighted by atomic mass is 16.3. The highest BCUT2D eigenvalue weighted by Crippen LogP contribution is 2.22. The van der Waals surface area contributed by atoms with Gasteiger partial charge in [-0.15, -0.1) is 0 Å². The highest BCUT2D eigenvalue weighted by molar-refractivity contribution is 5.36. The van der Waals surface area contributed by atoms with Crippen LogP contribution in [0.5, 0.6) is 11.5 Å². The standard InChI is InChI=1S/C20H32O2/c1-2-3-4-5-6-7-8-9-10-11-12-13-14-18-15-19(21)17-20(22)16-18/h5-6,15-17,21-22H,2-4,7-14H2,1H3/b6-5-. The minimum Gasteiger partial charge on any atom is -0.508 e. The molecule has 2 heteroatoms. The second-order valence-electron chi connectivity index (χ2n) is 6.13. The van der Waals surface area contributed by atoms with Gasteiger partial charge in [0.05, 0.1) is 0 Å². The first-order chi connectivity index (χ1) is 10.7. The fourth-order valence-corrected chi connectivity index (χ4v) is 2.66. The van der Waals surface area contributed by atoms with Crippen LogP contribution >= 0.6 is 0 Å². The summed E-state index contributed by atoms with van der Waals surface area (Å²) in [6.45, 7) is 2.23. The van der Waals surface area contributed by atoms with Gasteiger partial charge in [-0.2, -0.15) is 0 Å². The molecule has 0 unspecified atom stereocenters. The van der Waals surface area contributed by atoms with Crippen LogP contribution in [0, 0.1) is 0 Å². The molecule has 0 atom stereocenters. The summed E-state index contributed by atoms with van der Waals surface area (Å²) in [6.07, 6.45) is 18.2. The quantitative estimate of drug-likeness (QED) is 0.361. The van der Waals surface area contributed by atoms with Crippen LogP contribution in [-0.2, 0) is 6.42 Å². The second-order valence-corrected chi connectivity index (χ2v) is 6.13. The maximum atomic E-state index is 9.42. The molecular formula is C20H32O2. The van der Waals surface area contributed by atoms with E-state index in [0.717, 1.165) is 18.4 Å². The van der Waals surface area contributed by atoms with E-state index in [4.69, 9.17) is 0 Å². The Morgan fingerprint density at radius 2 is 1.27 bits per heavy atom. The molecule has 0 aliphatic rings. The summed E-state index contributed by atoms with van der Waals surface area (Å²) < 4.78 is 0. The molecule has 0 fully saturated rings. The van der Waals surface area contributed by atoms with Crippen LogP contribution in [0.25, 0.3) is 0 Å². The number of aromatic hydroxyl groups is 2. The van der Waals surface area contributed by atoms with Gasteiger partial charge >= 0.3 is 0 Å². The monoisotopic (exact) mass is 304 g/mol. The molecular weight excluding hydrogens is 272 g/mol. The van der Waals surface area contributed by atoms with Gasteiger partial charge in [0, 0.05) is 6.07 Å². The normalized spacial score (nSPS) is 11.3. The fourth-order valence-electron chi connectivity index (χ4n) is 2.66. The van der Waals surface area contributed by atoms with E-state index in [1.165, 1.54) is 63.9 Å². The second kappa shape index (κ2) is 12.1. The smallest absolute Gasteiger partial charge is 0.119 e. The Bertz CT molecular complexity index is 403. The van der Waals surface area contributed by atoms with Crippen molar-refractivity contribution in [2.75, 3.05) is 0 Å². The molecule has 2 nitrogen and oxygen atoms in total. The van der Waals surface area contributed by atoms with Crippen molar-refractivity contribution in [2.24, 2.45) is 0 Å². The van der Waals surface area contributed by atoms with Crippen molar-refractivity contribution >= 4 is 0 Å². The van der Waals surface area contributed by atoms with Gasteiger partial charge in [-0.05, 0) is 49.8 Å². The zero-order valence-corrected chi connectivity index (χ0v) is 14.1. The van der Waals surface area contributed by atoms with Crippen molar-refractivity contribution in [1.82, 2.24) is 0 Å². The van der Waals surface area contributed by atoms with Crippen molar-refractivity contribution < 1.29 is 10.2 Å². The molecule has 1 aromatic carbocycles. The lowest BCUT2D eigenvalue weighted by Crippen LogP contribution is -1.86. The highest BCUT2D eigenvalue weighted by Gasteiger charge is 1.99. The molecule has 0 radical (unpaired) electrons. The predicted molar refractivity (Wildman–Crippen MR) is 94.5 cm³/mol. The third-order valence-electron chi connectivity index (χ3n) is 3.94. The van der Waals surface area contributed by atoms with Crippen LogP contribution in [0.3, 0.4) is 0 Å². The van der Waals surface area contributed by atoms with Crippen LogP contribution in [0.15, 0.2) is 30.4 Å². The molecule has 1 rings (SSSR count). The van der Waals surface area contributed by atoms with E-state index in [2.05, 4.69) is 19.1 Å². The predicted octanol–water partition coefficient (Wildman–Crippen LogP) is 6.12. The minimum absolute atomic E-state index is 0.155. The van der Waals surface area contributed by atoms with E-state index < -0.39 is 0 Å². The first kappa shape index (κ1) is 18.6. The number of benzene rings is 1. The number of phenols is 2. The van der Waals surface area contributed by atoms with Gasteiger partial charge in [-0.3, -0.25) is 0 Å². The van der Waals surface area contributed by atoms with Crippen molar-refractivity contribution in [3.8, 4) is 11.5 Å². The Hall–Kier alpha value is -1.44. The van der Waals surface area contributed by atoms with E-state index in [1.54, 1.807) is 12.1 Å². The molecule has 0 aliphatic heterocycles. The van der Waals surface area contributed by atoms with Gasteiger partial charge in [0.15, 0.2) is 0 Å². The fraction of sp³-hybridized carbons (Fsp3) is 0.600. The van der Waals surface area contributed by atoms with Gasteiger partial charge in [0.2, 0.25) is 0 Å². The average molecular weight is 304 g/mol. The van der Waals surface area contributed by atoms with Gasteiger partial charge < -0.3 is 10.2 Å². The number of rotatable bonds is 12. The maximum absolute atomic E-state index is 9.42. The third-order valence-corrected chi connectivity index (χ3v) is 3.94. The van der Waals surface area contributed by atoms with Crippen LogP contribution in [0.4, 0.5) is 0 Å². The molecule has 22 heavy (non-hydrogen) atoms. The van der Waals surface area contributed by atoms with Crippen molar-refractivity contribution in [3.05, 3.63) is 35.9 Å². The molecule has 0 heterocycles. The van der Waals surface area contributed by atoms with Gasteiger partial charge in [-0.1, -0.05) is 57.6 Å². The first-order valence-electron chi connectivity index (χ1n) is 8.89. The largest absolute Gasteiger partial charge is 0.508 e. The van der Waals surface area contributed by atoms with Crippen LogP contribution < -0.4 is 0 Å². The Kier molecular flexibility index (Phi) is 10.3. The third kappa shape index (κ3) is 9.49. The Morgan fingerprint density at radius 1 is 0.727 bits per heavy atom. The SMILES string of the molecule is CCCC/C=C\CCCCCCCCc1cc(O)cc(O)c1. The van der Waals surface area contributed by atoms with Gasteiger partial charge in [-0.25, -0.2) is 0 Å². The summed E-state index contributed by atoms with van der Waals surface area (Å²) in [5, 5.41) is 18.8. The number of allylic oxidation sites excluding steroid dienone is 2. The summed E-state index contributed by atoms with van der Waals surface area (Å²) in [5.74, 6) is 0.309. The lowest BCUT2D eigenvalue weighted by Gasteiger charge is -2.04. The first-order valence-corrected chi connectivity index (χ1v) is 8.89. The van der Waals surface area contributed by atoms with Gasteiger partial charge in [0.1, 0.15) is 11.5 Å². The van der Waals surface area contributed by atoms with E-state index >= 15 is 0 Å². The number of phenolic OH excluding ortho intramolecular Hbond substituents is 2. The summed E-state index contributed by atoms with van der Waals surface area (Å²) >= 11 is 0. The molecule has 0 amide bonds.